The predicted molar refractivity (Wildman–Crippen MR) is 84.9 cm³/mol. The normalized spacial score (nSPS) is 15.7. The minimum Gasteiger partial charge on any atom is -0.383 e. The van der Waals surface area contributed by atoms with E-state index in [1.54, 1.807) is 6.92 Å². The molecule has 2 atom stereocenters. The van der Waals surface area contributed by atoms with Crippen LogP contribution in [0.15, 0.2) is 30.9 Å². The summed E-state index contributed by atoms with van der Waals surface area (Å²) in [6, 6.07) is 2.89. The number of aliphatic hydroxyl groups is 1. The molecule has 0 fully saturated rings. The Kier molecular flexibility index (Phi) is 5.86. The van der Waals surface area contributed by atoms with Gasteiger partial charge in [0.05, 0.1) is 19.4 Å². The summed E-state index contributed by atoms with van der Waals surface area (Å²) in [6.07, 6.45) is 3.65. The van der Waals surface area contributed by atoms with E-state index in [1.165, 1.54) is 17.3 Å². The van der Waals surface area contributed by atoms with Gasteiger partial charge in [0.25, 0.3) is 10.1 Å². The number of halogens is 2. The highest BCUT2D eigenvalue weighted by molar-refractivity contribution is 7.85. The smallest absolute Gasteiger partial charge is 0.264 e. The maximum Gasteiger partial charge on any atom is 0.264 e. The molecule has 0 aliphatic rings. The highest BCUT2D eigenvalue weighted by Crippen LogP contribution is 2.35. The number of hydrogen-bond donors (Lipinski definition) is 1. The highest BCUT2D eigenvalue weighted by atomic mass is 32.2. The summed E-state index contributed by atoms with van der Waals surface area (Å²) in [5.41, 5.74) is -1.89. The van der Waals surface area contributed by atoms with Crippen molar-refractivity contribution in [2.75, 3.05) is 12.9 Å². The van der Waals surface area contributed by atoms with Crippen LogP contribution in [-0.4, -0.2) is 41.2 Å². The Hall–Kier alpha value is -1.91. The van der Waals surface area contributed by atoms with Crippen molar-refractivity contribution in [3.05, 3.63) is 48.1 Å². The fourth-order valence-corrected chi connectivity index (χ4v) is 2.92. The van der Waals surface area contributed by atoms with E-state index < -0.39 is 33.3 Å². The molecule has 1 aromatic carbocycles. The number of benzene rings is 1. The van der Waals surface area contributed by atoms with Crippen LogP contribution in [-0.2, 0) is 26.4 Å². The van der Waals surface area contributed by atoms with Crippen LogP contribution in [0.3, 0.4) is 0 Å². The van der Waals surface area contributed by atoms with E-state index in [9.17, 15) is 22.3 Å². The van der Waals surface area contributed by atoms with Gasteiger partial charge in [0, 0.05) is 11.6 Å². The van der Waals surface area contributed by atoms with Gasteiger partial charge in [-0.2, -0.15) is 13.5 Å². The first-order chi connectivity index (χ1) is 11.6. The molecular formula is C15H19F2N3O4S. The van der Waals surface area contributed by atoms with Gasteiger partial charge >= 0.3 is 0 Å². The Morgan fingerprint density at radius 1 is 1.40 bits per heavy atom. The van der Waals surface area contributed by atoms with Gasteiger partial charge in [-0.25, -0.2) is 18.4 Å². The lowest BCUT2D eigenvalue weighted by Crippen LogP contribution is -2.40. The summed E-state index contributed by atoms with van der Waals surface area (Å²) in [5, 5.41) is 15.1. The molecule has 138 valence electrons. The van der Waals surface area contributed by atoms with E-state index in [0.717, 1.165) is 18.4 Å². The molecule has 2 rings (SSSR count). The second-order valence-corrected chi connectivity index (χ2v) is 7.50. The van der Waals surface area contributed by atoms with Crippen LogP contribution >= 0.6 is 0 Å². The first-order valence-corrected chi connectivity index (χ1v) is 9.28. The lowest BCUT2D eigenvalue weighted by Gasteiger charge is -2.34. The molecule has 1 aromatic heterocycles. The maximum absolute atomic E-state index is 14.3. The van der Waals surface area contributed by atoms with E-state index in [1.807, 2.05) is 0 Å². The summed E-state index contributed by atoms with van der Waals surface area (Å²) in [6.45, 7) is 1.30. The van der Waals surface area contributed by atoms with Gasteiger partial charge in [0.15, 0.2) is 0 Å². The maximum atomic E-state index is 14.3. The van der Waals surface area contributed by atoms with Gasteiger partial charge in [-0.3, -0.25) is 4.18 Å². The fraction of sp³-hybridized carbons (Fsp3) is 0.467. The Morgan fingerprint density at radius 2 is 2.12 bits per heavy atom. The zero-order valence-electron chi connectivity index (χ0n) is 13.8. The number of rotatable bonds is 8. The monoisotopic (exact) mass is 375 g/mol. The first-order valence-electron chi connectivity index (χ1n) is 7.46. The minimum absolute atomic E-state index is 0.115. The van der Waals surface area contributed by atoms with Gasteiger partial charge < -0.3 is 5.11 Å². The molecular weight excluding hydrogens is 356 g/mol. The van der Waals surface area contributed by atoms with Gasteiger partial charge in [0.1, 0.15) is 29.9 Å². The lowest BCUT2D eigenvalue weighted by molar-refractivity contribution is -0.0451. The van der Waals surface area contributed by atoms with E-state index in [0.29, 0.717) is 6.07 Å². The Labute approximate surface area is 144 Å². The summed E-state index contributed by atoms with van der Waals surface area (Å²) in [4.78, 5) is 3.77. The van der Waals surface area contributed by atoms with Crippen molar-refractivity contribution < 1.29 is 26.5 Å². The topological polar surface area (TPSA) is 94.3 Å². The van der Waals surface area contributed by atoms with E-state index in [-0.39, 0.29) is 25.1 Å². The predicted octanol–water partition coefficient (Wildman–Crippen LogP) is 1.45. The number of nitrogens with zero attached hydrogens (tertiary/aromatic N) is 3. The second kappa shape index (κ2) is 7.54. The molecule has 10 heteroatoms. The van der Waals surface area contributed by atoms with Crippen molar-refractivity contribution in [3.63, 3.8) is 0 Å². The molecule has 1 unspecified atom stereocenters. The van der Waals surface area contributed by atoms with Crippen molar-refractivity contribution in [2.24, 2.45) is 5.92 Å². The van der Waals surface area contributed by atoms with Gasteiger partial charge in [-0.1, -0.05) is 13.0 Å². The van der Waals surface area contributed by atoms with E-state index in [4.69, 9.17) is 0 Å². The zero-order chi connectivity index (χ0) is 18.7. The van der Waals surface area contributed by atoms with Crippen molar-refractivity contribution in [3.8, 4) is 0 Å². The molecule has 0 bridgehead atoms. The first kappa shape index (κ1) is 19.4. The quantitative estimate of drug-likeness (QED) is 0.702. The van der Waals surface area contributed by atoms with Crippen LogP contribution in [0.1, 0.15) is 18.9 Å². The summed E-state index contributed by atoms with van der Waals surface area (Å²) < 4.78 is 55.6. The summed E-state index contributed by atoms with van der Waals surface area (Å²) in [5.74, 6) is -2.30. The third kappa shape index (κ3) is 5.03. The van der Waals surface area contributed by atoms with Crippen molar-refractivity contribution >= 4 is 10.1 Å². The number of aromatic nitrogens is 3. The summed E-state index contributed by atoms with van der Waals surface area (Å²) in [7, 11) is -3.63. The molecule has 2 aromatic rings. The standard InChI is InChI=1S/C15H19F2N3O4S/c1-11(5-6-24-25(2,22)23)15(21,8-20-10-18-9-19-20)13-4-3-12(16)7-14(13)17/h3-4,7,9-11,21H,5-6,8H2,1-2H3/t11-,15?/m0/s1. The molecule has 0 spiro atoms. The molecule has 7 nitrogen and oxygen atoms in total. The van der Waals surface area contributed by atoms with Crippen molar-refractivity contribution in [1.82, 2.24) is 14.8 Å². The van der Waals surface area contributed by atoms with Crippen LogP contribution in [0.5, 0.6) is 0 Å². The SMILES string of the molecule is C[C@@H](CCOS(C)(=O)=O)C(O)(Cn1cncn1)c1ccc(F)cc1F. The summed E-state index contributed by atoms with van der Waals surface area (Å²) >= 11 is 0. The van der Waals surface area contributed by atoms with Crippen LogP contribution in [0.2, 0.25) is 0 Å². The van der Waals surface area contributed by atoms with Gasteiger partial charge in [-0.05, 0) is 18.4 Å². The largest absolute Gasteiger partial charge is 0.383 e. The molecule has 0 amide bonds. The molecule has 0 aliphatic carbocycles. The lowest BCUT2D eigenvalue weighted by atomic mass is 9.80. The number of hydrogen-bond acceptors (Lipinski definition) is 6. The van der Waals surface area contributed by atoms with Crippen LogP contribution in [0, 0.1) is 17.6 Å². The zero-order valence-corrected chi connectivity index (χ0v) is 14.6. The van der Waals surface area contributed by atoms with Gasteiger partial charge in [0.2, 0.25) is 0 Å². The van der Waals surface area contributed by atoms with E-state index >= 15 is 0 Å². The van der Waals surface area contributed by atoms with Gasteiger partial charge in [-0.15, -0.1) is 0 Å². The Balaban J connectivity index is 2.31. The van der Waals surface area contributed by atoms with Crippen molar-refractivity contribution in [2.45, 2.75) is 25.5 Å². The Morgan fingerprint density at radius 3 is 2.68 bits per heavy atom. The molecule has 0 radical (unpaired) electrons. The average Bonchev–Trinajstić information content (AvgIpc) is 2.98. The molecule has 0 saturated heterocycles. The van der Waals surface area contributed by atoms with Crippen LogP contribution in [0.4, 0.5) is 8.78 Å². The van der Waals surface area contributed by atoms with E-state index in [2.05, 4.69) is 14.3 Å². The highest BCUT2D eigenvalue weighted by Gasteiger charge is 2.39. The molecule has 25 heavy (non-hydrogen) atoms. The molecule has 1 heterocycles. The van der Waals surface area contributed by atoms with Crippen LogP contribution < -0.4 is 0 Å². The molecule has 0 aliphatic heterocycles. The third-order valence-corrected chi connectivity index (χ3v) is 4.53. The Bertz CT molecular complexity index is 814. The average molecular weight is 375 g/mol. The molecule has 0 saturated carbocycles. The third-order valence-electron chi connectivity index (χ3n) is 3.93. The second-order valence-electron chi connectivity index (χ2n) is 5.86. The minimum atomic E-state index is -3.63. The van der Waals surface area contributed by atoms with Crippen LogP contribution in [0.25, 0.3) is 0 Å². The fourth-order valence-electron chi connectivity index (χ4n) is 2.52. The van der Waals surface area contributed by atoms with Crippen molar-refractivity contribution in [1.29, 1.82) is 0 Å². The molecule has 1 N–H and O–H groups in total.